The Balaban J connectivity index is 1.81. The zero-order valence-corrected chi connectivity index (χ0v) is 12.0. The summed E-state index contributed by atoms with van der Waals surface area (Å²) < 4.78 is 10.5. The Morgan fingerprint density at radius 1 is 1.38 bits per heavy atom. The van der Waals surface area contributed by atoms with Gasteiger partial charge in [0.2, 0.25) is 0 Å². The molecule has 1 N–H and O–H groups in total. The van der Waals surface area contributed by atoms with Crippen molar-refractivity contribution in [1.29, 1.82) is 0 Å². The van der Waals surface area contributed by atoms with Gasteiger partial charge in [0.15, 0.2) is 0 Å². The molecule has 1 saturated heterocycles. The summed E-state index contributed by atoms with van der Waals surface area (Å²) in [6, 6.07) is 7.56. The molecule has 0 aliphatic carbocycles. The first-order chi connectivity index (χ1) is 10.3. The highest BCUT2D eigenvalue weighted by Gasteiger charge is 2.27. The fourth-order valence-corrected chi connectivity index (χ4v) is 2.54. The fourth-order valence-electron chi connectivity index (χ4n) is 2.54. The van der Waals surface area contributed by atoms with Gasteiger partial charge in [0.05, 0.1) is 7.11 Å². The van der Waals surface area contributed by atoms with Gasteiger partial charge in [-0.25, -0.2) is 4.99 Å². The molecule has 5 heteroatoms. The lowest BCUT2D eigenvalue weighted by Gasteiger charge is -2.21. The van der Waals surface area contributed by atoms with Crippen LogP contribution in [-0.2, 0) is 9.53 Å². The number of amidine groups is 1. The normalized spacial score (nSPS) is 21.3. The molecule has 0 unspecified atom stereocenters. The minimum atomic E-state index is -0.140. The van der Waals surface area contributed by atoms with Gasteiger partial charge >= 0.3 is 0 Å². The minimum absolute atomic E-state index is 0.140. The number of hydrogen-bond donors (Lipinski definition) is 1. The molecule has 0 bridgehead atoms. The van der Waals surface area contributed by atoms with Gasteiger partial charge in [0.25, 0.3) is 5.91 Å². The number of methoxy groups -OCH3 is 1. The van der Waals surface area contributed by atoms with Crippen LogP contribution in [0.1, 0.15) is 18.4 Å². The van der Waals surface area contributed by atoms with Crippen LogP contribution in [0.25, 0.3) is 6.08 Å². The van der Waals surface area contributed by atoms with Crippen molar-refractivity contribution in [1.82, 2.24) is 5.32 Å². The topological polar surface area (TPSA) is 59.9 Å². The van der Waals surface area contributed by atoms with E-state index in [-0.39, 0.29) is 5.91 Å². The smallest absolute Gasteiger partial charge is 0.275 e. The van der Waals surface area contributed by atoms with E-state index in [9.17, 15) is 4.79 Å². The van der Waals surface area contributed by atoms with Gasteiger partial charge in [0.1, 0.15) is 17.3 Å². The first-order valence-corrected chi connectivity index (χ1v) is 7.09. The number of aliphatic imine (C=N–C) groups is 1. The van der Waals surface area contributed by atoms with Crippen molar-refractivity contribution in [2.24, 2.45) is 10.9 Å². The molecule has 1 aromatic carbocycles. The van der Waals surface area contributed by atoms with Crippen molar-refractivity contribution in [2.45, 2.75) is 12.8 Å². The number of rotatable bonds is 3. The Morgan fingerprint density at radius 3 is 2.95 bits per heavy atom. The molecule has 21 heavy (non-hydrogen) atoms. The van der Waals surface area contributed by atoms with Crippen molar-refractivity contribution in [3.63, 3.8) is 0 Å². The quantitative estimate of drug-likeness (QED) is 0.864. The predicted octanol–water partition coefficient (Wildman–Crippen LogP) is 1.99. The summed E-state index contributed by atoms with van der Waals surface area (Å²) in [5.41, 5.74) is 1.35. The van der Waals surface area contributed by atoms with Crippen molar-refractivity contribution >= 4 is 17.8 Å². The summed E-state index contributed by atoms with van der Waals surface area (Å²) in [7, 11) is 1.62. The molecule has 2 heterocycles. The van der Waals surface area contributed by atoms with Gasteiger partial charge in [-0.1, -0.05) is 12.1 Å². The highest BCUT2D eigenvalue weighted by atomic mass is 16.5. The van der Waals surface area contributed by atoms with Crippen molar-refractivity contribution in [3.8, 4) is 5.75 Å². The maximum atomic E-state index is 12.0. The molecule has 110 valence electrons. The Hall–Kier alpha value is -2.14. The fraction of sp³-hybridized carbons (Fsp3) is 0.375. The Morgan fingerprint density at radius 2 is 2.19 bits per heavy atom. The summed E-state index contributed by atoms with van der Waals surface area (Å²) in [6.45, 7) is 1.46. The third-order valence-corrected chi connectivity index (χ3v) is 3.72. The van der Waals surface area contributed by atoms with Crippen LogP contribution >= 0.6 is 0 Å². The van der Waals surface area contributed by atoms with Gasteiger partial charge < -0.3 is 14.8 Å². The maximum absolute atomic E-state index is 12.0. The number of carbonyl (C=O) groups excluding carboxylic acids is 1. The third-order valence-electron chi connectivity index (χ3n) is 3.72. The Bertz CT molecular complexity index is 601. The van der Waals surface area contributed by atoms with Crippen LogP contribution in [0, 0.1) is 5.92 Å². The van der Waals surface area contributed by atoms with Gasteiger partial charge in [-0.15, -0.1) is 0 Å². The number of ether oxygens (including phenoxy) is 2. The Labute approximate surface area is 123 Å². The second kappa shape index (κ2) is 6.10. The molecule has 0 aromatic heterocycles. The largest absolute Gasteiger partial charge is 0.497 e. The molecule has 0 saturated carbocycles. The van der Waals surface area contributed by atoms with Crippen LogP contribution in [-0.4, -0.2) is 32.1 Å². The molecule has 5 nitrogen and oxygen atoms in total. The molecule has 0 atom stereocenters. The molecule has 1 amide bonds. The first-order valence-electron chi connectivity index (χ1n) is 7.09. The average molecular weight is 286 g/mol. The third kappa shape index (κ3) is 3.13. The SMILES string of the molecule is COc1cccc(/C=C2/N=C(C3CCOCC3)NC2=O)c1. The number of nitrogens with one attached hydrogen (secondary N) is 1. The van der Waals surface area contributed by atoms with E-state index in [1.807, 2.05) is 24.3 Å². The van der Waals surface area contributed by atoms with E-state index in [2.05, 4.69) is 10.3 Å². The standard InChI is InChI=1S/C16H18N2O3/c1-20-13-4-2-3-11(9-13)10-14-16(19)18-15(17-14)12-5-7-21-8-6-12/h2-4,9-10,12H,5-8H2,1H3,(H,17,18,19)/b14-10+. The van der Waals surface area contributed by atoms with E-state index >= 15 is 0 Å². The highest BCUT2D eigenvalue weighted by Crippen LogP contribution is 2.22. The molecule has 1 fully saturated rings. The monoisotopic (exact) mass is 286 g/mol. The average Bonchev–Trinajstić information content (AvgIpc) is 2.89. The van der Waals surface area contributed by atoms with Gasteiger partial charge in [0, 0.05) is 19.1 Å². The van der Waals surface area contributed by atoms with Gasteiger partial charge in [-0.05, 0) is 36.6 Å². The molecule has 0 spiro atoms. The van der Waals surface area contributed by atoms with Crippen LogP contribution < -0.4 is 10.1 Å². The van der Waals surface area contributed by atoms with Crippen molar-refractivity contribution < 1.29 is 14.3 Å². The van der Waals surface area contributed by atoms with Crippen molar-refractivity contribution in [2.75, 3.05) is 20.3 Å². The highest BCUT2D eigenvalue weighted by molar-refractivity contribution is 6.15. The van der Waals surface area contributed by atoms with Gasteiger partial charge in [-0.2, -0.15) is 0 Å². The summed E-state index contributed by atoms with van der Waals surface area (Å²) in [6.07, 6.45) is 3.60. The number of amides is 1. The number of nitrogens with zero attached hydrogens (tertiary/aromatic N) is 1. The second-order valence-electron chi connectivity index (χ2n) is 5.14. The summed E-state index contributed by atoms with van der Waals surface area (Å²) in [5.74, 6) is 1.69. The van der Waals surface area contributed by atoms with Crippen LogP contribution in [0.5, 0.6) is 5.75 Å². The van der Waals surface area contributed by atoms with Crippen LogP contribution in [0.3, 0.4) is 0 Å². The molecular formula is C16H18N2O3. The lowest BCUT2D eigenvalue weighted by Crippen LogP contribution is -2.33. The van der Waals surface area contributed by atoms with E-state index < -0.39 is 0 Å². The second-order valence-corrected chi connectivity index (χ2v) is 5.14. The van der Waals surface area contributed by atoms with E-state index in [1.165, 1.54) is 0 Å². The molecular weight excluding hydrogens is 268 g/mol. The molecule has 2 aliphatic heterocycles. The predicted molar refractivity (Wildman–Crippen MR) is 80.1 cm³/mol. The van der Waals surface area contributed by atoms with Crippen molar-refractivity contribution in [3.05, 3.63) is 35.5 Å². The van der Waals surface area contributed by atoms with Crippen LogP contribution in [0.2, 0.25) is 0 Å². The van der Waals surface area contributed by atoms with Gasteiger partial charge in [-0.3, -0.25) is 4.79 Å². The van der Waals surface area contributed by atoms with E-state index in [0.29, 0.717) is 11.6 Å². The summed E-state index contributed by atoms with van der Waals surface area (Å²) in [4.78, 5) is 16.5. The molecule has 0 radical (unpaired) electrons. The zero-order chi connectivity index (χ0) is 14.7. The minimum Gasteiger partial charge on any atom is -0.497 e. The summed E-state index contributed by atoms with van der Waals surface area (Å²) in [5, 5.41) is 2.88. The number of carbonyl (C=O) groups is 1. The first kappa shape index (κ1) is 13.8. The lowest BCUT2D eigenvalue weighted by molar-refractivity contribution is -0.115. The maximum Gasteiger partial charge on any atom is 0.275 e. The van der Waals surface area contributed by atoms with E-state index in [0.717, 1.165) is 43.2 Å². The Kier molecular flexibility index (Phi) is 4.01. The van der Waals surface area contributed by atoms with Crippen LogP contribution in [0.4, 0.5) is 0 Å². The molecule has 1 aromatic rings. The summed E-state index contributed by atoms with van der Waals surface area (Å²) >= 11 is 0. The van der Waals surface area contributed by atoms with E-state index in [1.54, 1.807) is 13.2 Å². The number of benzene rings is 1. The van der Waals surface area contributed by atoms with Crippen LogP contribution in [0.15, 0.2) is 35.0 Å². The number of hydrogen-bond acceptors (Lipinski definition) is 4. The zero-order valence-electron chi connectivity index (χ0n) is 12.0. The molecule has 3 rings (SSSR count). The lowest BCUT2D eigenvalue weighted by atomic mass is 9.99. The van der Waals surface area contributed by atoms with E-state index in [4.69, 9.17) is 9.47 Å². The molecule has 2 aliphatic rings.